The third kappa shape index (κ3) is 4.96. The number of hydrogen-bond acceptors (Lipinski definition) is 6. The Balaban J connectivity index is 1.75. The summed E-state index contributed by atoms with van der Waals surface area (Å²) in [6.07, 6.45) is 1.02. The summed E-state index contributed by atoms with van der Waals surface area (Å²) in [4.78, 5) is 26.5. The van der Waals surface area contributed by atoms with Gasteiger partial charge in [0, 0.05) is 36.2 Å². The van der Waals surface area contributed by atoms with Crippen molar-refractivity contribution in [3.8, 4) is 11.4 Å². The van der Waals surface area contributed by atoms with E-state index in [2.05, 4.69) is 15.5 Å². The highest BCUT2D eigenvalue weighted by atomic mass is 32.1. The SMILES string of the molecule is CC(CCC(=O)O)NC(=O)CCc1nc(-c2ccsc2)no1. The Bertz CT molecular complexity index is 624. The topological polar surface area (TPSA) is 105 Å². The van der Waals surface area contributed by atoms with Gasteiger partial charge in [0.25, 0.3) is 0 Å². The van der Waals surface area contributed by atoms with Crippen LogP contribution in [0.2, 0.25) is 0 Å². The maximum Gasteiger partial charge on any atom is 0.303 e. The van der Waals surface area contributed by atoms with Gasteiger partial charge in [-0.3, -0.25) is 9.59 Å². The van der Waals surface area contributed by atoms with Crippen LogP contribution in [0.4, 0.5) is 0 Å². The minimum absolute atomic E-state index is 0.0368. The molecule has 2 N–H and O–H groups in total. The molecule has 2 rings (SSSR count). The number of carboxylic acids is 1. The number of carboxylic acid groups (broad SMARTS) is 1. The lowest BCUT2D eigenvalue weighted by Gasteiger charge is -2.11. The fourth-order valence-corrected chi connectivity index (χ4v) is 2.48. The Hall–Kier alpha value is -2.22. The minimum atomic E-state index is -0.868. The fraction of sp³-hybridized carbons (Fsp3) is 0.429. The molecule has 118 valence electrons. The second kappa shape index (κ2) is 7.69. The molecule has 0 saturated heterocycles. The highest BCUT2D eigenvalue weighted by molar-refractivity contribution is 7.08. The monoisotopic (exact) mass is 323 g/mol. The van der Waals surface area contributed by atoms with Gasteiger partial charge in [-0.25, -0.2) is 0 Å². The van der Waals surface area contributed by atoms with E-state index in [1.54, 1.807) is 18.3 Å². The Morgan fingerprint density at radius 3 is 2.95 bits per heavy atom. The highest BCUT2D eigenvalue weighted by Crippen LogP contribution is 2.18. The number of rotatable bonds is 8. The number of aromatic nitrogens is 2. The van der Waals surface area contributed by atoms with Crippen molar-refractivity contribution in [3.63, 3.8) is 0 Å². The van der Waals surface area contributed by atoms with Crippen LogP contribution in [0.5, 0.6) is 0 Å². The molecule has 0 radical (unpaired) electrons. The first-order valence-electron chi connectivity index (χ1n) is 6.91. The molecule has 1 atom stereocenters. The minimum Gasteiger partial charge on any atom is -0.481 e. The first-order valence-corrected chi connectivity index (χ1v) is 7.85. The molecule has 1 amide bonds. The number of thiophene rings is 1. The van der Waals surface area contributed by atoms with Gasteiger partial charge < -0.3 is 14.9 Å². The van der Waals surface area contributed by atoms with E-state index in [1.165, 1.54) is 0 Å². The van der Waals surface area contributed by atoms with E-state index < -0.39 is 5.97 Å². The van der Waals surface area contributed by atoms with Crippen LogP contribution in [0.15, 0.2) is 21.3 Å². The first-order chi connectivity index (χ1) is 10.5. The van der Waals surface area contributed by atoms with Gasteiger partial charge in [-0.05, 0) is 24.8 Å². The maximum absolute atomic E-state index is 11.8. The molecule has 0 aliphatic heterocycles. The summed E-state index contributed by atoms with van der Waals surface area (Å²) in [5.41, 5.74) is 0.895. The van der Waals surface area contributed by atoms with Crippen LogP contribution in [0.1, 0.15) is 32.1 Å². The summed E-state index contributed by atoms with van der Waals surface area (Å²) in [6, 6.07) is 1.73. The molecule has 0 bridgehead atoms. The Morgan fingerprint density at radius 1 is 1.45 bits per heavy atom. The number of nitrogens with zero attached hydrogens (tertiary/aromatic N) is 2. The van der Waals surface area contributed by atoms with E-state index in [4.69, 9.17) is 9.63 Å². The zero-order valence-electron chi connectivity index (χ0n) is 12.1. The standard InChI is InChI=1S/C14H17N3O4S/c1-9(2-5-13(19)20)15-11(18)3-4-12-16-14(17-21-12)10-6-7-22-8-10/h6-9H,2-5H2,1H3,(H,15,18)(H,19,20). The van der Waals surface area contributed by atoms with Gasteiger partial charge in [0.15, 0.2) is 0 Å². The lowest BCUT2D eigenvalue weighted by Crippen LogP contribution is -2.33. The van der Waals surface area contributed by atoms with Crippen LogP contribution in [0.25, 0.3) is 11.4 Å². The second-order valence-electron chi connectivity index (χ2n) is 4.92. The predicted octanol–water partition coefficient (Wildman–Crippen LogP) is 2.10. The molecule has 2 aromatic heterocycles. The molecule has 0 saturated carbocycles. The van der Waals surface area contributed by atoms with E-state index in [1.807, 2.05) is 16.8 Å². The number of carbonyl (C=O) groups excluding carboxylic acids is 1. The van der Waals surface area contributed by atoms with Gasteiger partial charge in [-0.1, -0.05) is 5.16 Å². The second-order valence-corrected chi connectivity index (χ2v) is 5.70. The molecule has 2 aromatic rings. The number of carbonyl (C=O) groups is 2. The van der Waals surface area contributed by atoms with E-state index >= 15 is 0 Å². The molecule has 0 fully saturated rings. The normalized spacial score (nSPS) is 12.0. The van der Waals surface area contributed by atoms with Gasteiger partial charge in [-0.15, -0.1) is 0 Å². The van der Waals surface area contributed by atoms with Crippen LogP contribution in [0, 0.1) is 0 Å². The summed E-state index contributed by atoms with van der Waals surface area (Å²) in [7, 11) is 0. The van der Waals surface area contributed by atoms with E-state index in [9.17, 15) is 9.59 Å². The van der Waals surface area contributed by atoms with Crippen molar-refractivity contribution in [1.82, 2.24) is 15.5 Å². The van der Waals surface area contributed by atoms with Crippen molar-refractivity contribution in [2.45, 2.75) is 38.6 Å². The Morgan fingerprint density at radius 2 is 2.27 bits per heavy atom. The number of aryl methyl sites for hydroxylation is 1. The zero-order valence-corrected chi connectivity index (χ0v) is 12.9. The molecule has 7 nitrogen and oxygen atoms in total. The lowest BCUT2D eigenvalue weighted by molar-refractivity contribution is -0.137. The zero-order chi connectivity index (χ0) is 15.9. The van der Waals surface area contributed by atoms with Crippen molar-refractivity contribution in [3.05, 3.63) is 22.7 Å². The lowest BCUT2D eigenvalue weighted by atomic mass is 10.1. The molecule has 0 aliphatic rings. The van der Waals surface area contributed by atoms with Gasteiger partial charge in [-0.2, -0.15) is 16.3 Å². The smallest absolute Gasteiger partial charge is 0.303 e. The average Bonchev–Trinajstić information content (AvgIpc) is 3.13. The van der Waals surface area contributed by atoms with Crippen LogP contribution in [0.3, 0.4) is 0 Å². The molecule has 1 unspecified atom stereocenters. The van der Waals surface area contributed by atoms with E-state index in [0.29, 0.717) is 24.6 Å². The molecule has 0 spiro atoms. The molecule has 0 aliphatic carbocycles. The number of aliphatic carboxylic acids is 1. The summed E-state index contributed by atoms with van der Waals surface area (Å²) in [6.45, 7) is 1.78. The molecular weight excluding hydrogens is 306 g/mol. The quantitative estimate of drug-likeness (QED) is 0.770. The molecular formula is C14H17N3O4S. The van der Waals surface area contributed by atoms with Crippen LogP contribution in [-0.4, -0.2) is 33.2 Å². The average molecular weight is 323 g/mol. The van der Waals surface area contributed by atoms with Crippen molar-refractivity contribution in [1.29, 1.82) is 0 Å². The van der Waals surface area contributed by atoms with Crippen LogP contribution in [-0.2, 0) is 16.0 Å². The predicted molar refractivity (Wildman–Crippen MR) is 80.4 cm³/mol. The number of nitrogens with one attached hydrogen (secondary N) is 1. The molecule has 0 aromatic carbocycles. The molecule has 22 heavy (non-hydrogen) atoms. The fourth-order valence-electron chi connectivity index (χ4n) is 1.84. The van der Waals surface area contributed by atoms with Crippen molar-refractivity contribution in [2.24, 2.45) is 0 Å². The number of hydrogen-bond donors (Lipinski definition) is 2. The highest BCUT2D eigenvalue weighted by Gasteiger charge is 2.13. The summed E-state index contributed by atoms with van der Waals surface area (Å²) < 4.78 is 5.11. The van der Waals surface area contributed by atoms with Gasteiger partial charge in [0.1, 0.15) is 0 Å². The van der Waals surface area contributed by atoms with E-state index in [-0.39, 0.29) is 24.8 Å². The maximum atomic E-state index is 11.8. The van der Waals surface area contributed by atoms with Gasteiger partial charge in [0.2, 0.25) is 17.6 Å². The summed E-state index contributed by atoms with van der Waals surface area (Å²) in [5, 5.41) is 19.1. The summed E-state index contributed by atoms with van der Waals surface area (Å²) >= 11 is 1.55. The van der Waals surface area contributed by atoms with Crippen LogP contribution < -0.4 is 5.32 Å². The van der Waals surface area contributed by atoms with E-state index in [0.717, 1.165) is 5.56 Å². The van der Waals surface area contributed by atoms with Crippen molar-refractivity contribution >= 4 is 23.2 Å². The Kier molecular flexibility index (Phi) is 5.65. The largest absolute Gasteiger partial charge is 0.481 e. The van der Waals surface area contributed by atoms with Gasteiger partial charge >= 0.3 is 5.97 Å². The molecule has 8 heteroatoms. The first kappa shape index (κ1) is 16.2. The summed E-state index contributed by atoms with van der Waals surface area (Å²) in [5.74, 6) is -0.0953. The third-order valence-electron chi connectivity index (χ3n) is 3.01. The Labute approximate surface area is 131 Å². The van der Waals surface area contributed by atoms with Crippen molar-refractivity contribution < 1.29 is 19.2 Å². The van der Waals surface area contributed by atoms with Gasteiger partial charge in [0.05, 0.1) is 0 Å². The van der Waals surface area contributed by atoms with Crippen LogP contribution >= 0.6 is 11.3 Å². The van der Waals surface area contributed by atoms with Crippen molar-refractivity contribution in [2.75, 3.05) is 0 Å². The molecule has 2 heterocycles. The number of amides is 1. The third-order valence-corrected chi connectivity index (χ3v) is 3.70.